The fourth-order valence-electron chi connectivity index (χ4n) is 4.23. The van der Waals surface area contributed by atoms with Crippen molar-refractivity contribution in [2.24, 2.45) is 5.41 Å². The van der Waals surface area contributed by atoms with Crippen molar-refractivity contribution in [3.63, 3.8) is 0 Å². The molecule has 1 aliphatic carbocycles. The molecule has 0 radical (unpaired) electrons. The molecule has 0 spiro atoms. The number of fused-ring (bicyclic) bond motifs is 3. The largest absolute Gasteiger partial charge is 0.480 e. The predicted octanol–water partition coefficient (Wildman–Crippen LogP) is 4.43. The molecule has 2 aromatic rings. The van der Waals surface area contributed by atoms with Gasteiger partial charge in [0.15, 0.2) is 0 Å². The van der Waals surface area contributed by atoms with Crippen LogP contribution in [-0.2, 0) is 14.3 Å². The number of ether oxygens (including phenoxy) is 1. The number of aliphatic carboxylic acids is 1. The molecule has 3 rings (SSSR count). The average molecular weight is 465 g/mol. The molecular weight excluding hydrogens is 432 g/mol. The number of hydrogen-bond donors (Lipinski definition) is 2. The van der Waals surface area contributed by atoms with Gasteiger partial charge in [0.2, 0.25) is 5.91 Å². The Morgan fingerprint density at radius 3 is 2.15 bits per heavy atom. The van der Waals surface area contributed by atoms with E-state index in [1.807, 2.05) is 45.0 Å². The number of alkyl carbamates (subject to hydrolysis) is 1. The summed E-state index contributed by atoms with van der Waals surface area (Å²) in [5.74, 6) is -1.54. The second-order valence-electron chi connectivity index (χ2n) is 9.55. The van der Waals surface area contributed by atoms with Crippen LogP contribution >= 0.6 is 0 Å². The van der Waals surface area contributed by atoms with Crippen molar-refractivity contribution >= 4 is 18.0 Å². The minimum absolute atomic E-state index is 0.0468. The Bertz CT molecular complexity index is 1030. The van der Waals surface area contributed by atoms with Gasteiger partial charge in [-0.05, 0) is 27.7 Å². The van der Waals surface area contributed by atoms with E-state index in [4.69, 9.17) is 9.84 Å². The lowest BCUT2D eigenvalue weighted by molar-refractivity contribution is -0.144. The lowest BCUT2D eigenvalue weighted by atomic mass is 9.84. The zero-order valence-corrected chi connectivity index (χ0v) is 19.9. The standard InChI is InChI=1S/C27H32N2O5/c1-5-14-29(16-25(31)32)24(30)15-23(27(2,3)4)28-26(33)34-17-22-20-12-8-6-10-18(20)19-11-7-9-13-21(19)22/h5-13,22-23H,1,14-17H2,2-4H3,(H,28,33)(H,31,32). The number of benzene rings is 2. The first-order chi connectivity index (χ1) is 16.1. The summed E-state index contributed by atoms with van der Waals surface area (Å²) in [7, 11) is 0. The van der Waals surface area contributed by atoms with Crippen LogP contribution in [0.15, 0.2) is 61.2 Å². The summed E-state index contributed by atoms with van der Waals surface area (Å²) < 4.78 is 5.63. The highest BCUT2D eigenvalue weighted by Crippen LogP contribution is 2.44. The smallest absolute Gasteiger partial charge is 0.407 e. The Balaban J connectivity index is 1.67. The fraction of sp³-hybridized carbons (Fsp3) is 0.370. The molecule has 0 aliphatic heterocycles. The molecule has 0 saturated heterocycles. The number of rotatable bonds is 9. The van der Waals surface area contributed by atoms with Gasteiger partial charge in [-0.3, -0.25) is 9.59 Å². The third kappa shape index (κ3) is 5.84. The van der Waals surface area contributed by atoms with Crippen LogP contribution < -0.4 is 5.32 Å². The van der Waals surface area contributed by atoms with Crippen LogP contribution in [0.2, 0.25) is 0 Å². The van der Waals surface area contributed by atoms with Crippen molar-refractivity contribution in [1.29, 1.82) is 0 Å². The molecule has 2 N–H and O–H groups in total. The van der Waals surface area contributed by atoms with Crippen LogP contribution in [0, 0.1) is 5.41 Å². The Morgan fingerprint density at radius 2 is 1.65 bits per heavy atom. The number of amides is 2. The van der Waals surface area contributed by atoms with Crippen LogP contribution in [0.1, 0.15) is 44.2 Å². The molecule has 2 aromatic carbocycles. The van der Waals surface area contributed by atoms with Gasteiger partial charge in [0.1, 0.15) is 13.2 Å². The molecule has 1 unspecified atom stereocenters. The minimum Gasteiger partial charge on any atom is -0.480 e. The average Bonchev–Trinajstić information content (AvgIpc) is 3.10. The maximum Gasteiger partial charge on any atom is 0.407 e. The highest BCUT2D eigenvalue weighted by atomic mass is 16.5. The molecule has 0 fully saturated rings. The Kier molecular flexibility index (Phi) is 7.76. The van der Waals surface area contributed by atoms with Gasteiger partial charge in [0, 0.05) is 24.9 Å². The molecular formula is C27H32N2O5. The number of nitrogens with zero attached hydrogens (tertiary/aromatic N) is 1. The van der Waals surface area contributed by atoms with Crippen LogP contribution in [0.25, 0.3) is 11.1 Å². The van der Waals surface area contributed by atoms with Gasteiger partial charge in [-0.2, -0.15) is 0 Å². The van der Waals surface area contributed by atoms with Crippen LogP contribution in [-0.4, -0.2) is 53.7 Å². The van der Waals surface area contributed by atoms with Crippen molar-refractivity contribution in [2.45, 2.75) is 39.2 Å². The summed E-state index contributed by atoms with van der Waals surface area (Å²) in [6.45, 7) is 9.17. The van der Waals surface area contributed by atoms with Gasteiger partial charge in [-0.25, -0.2) is 4.79 Å². The maximum absolute atomic E-state index is 12.8. The monoisotopic (exact) mass is 464 g/mol. The van der Waals surface area contributed by atoms with Crippen LogP contribution in [0.5, 0.6) is 0 Å². The highest BCUT2D eigenvalue weighted by molar-refractivity contribution is 5.82. The summed E-state index contributed by atoms with van der Waals surface area (Å²) in [4.78, 5) is 37.9. The predicted molar refractivity (Wildman–Crippen MR) is 130 cm³/mol. The van der Waals surface area contributed by atoms with E-state index >= 15 is 0 Å². The fourth-order valence-corrected chi connectivity index (χ4v) is 4.23. The second kappa shape index (κ2) is 10.5. The van der Waals surface area contributed by atoms with Gasteiger partial charge in [0.05, 0.1) is 0 Å². The summed E-state index contributed by atoms with van der Waals surface area (Å²) in [6.07, 6.45) is 0.823. The quantitative estimate of drug-likeness (QED) is 0.535. The summed E-state index contributed by atoms with van der Waals surface area (Å²) >= 11 is 0. The number of carboxylic acids is 1. The molecule has 1 aliphatic rings. The SMILES string of the molecule is C=CCN(CC(=O)O)C(=O)CC(NC(=O)OCC1c2ccccc2-c2ccccc21)C(C)(C)C. The van der Waals surface area contributed by atoms with Crippen molar-refractivity contribution in [3.05, 3.63) is 72.3 Å². The molecule has 0 bridgehead atoms. The number of carboxylic acid groups (broad SMARTS) is 1. The van der Waals surface area contributed by atoms with Gasteiger partial charge in [-0.15, -0.1) is 6.58 Å². The Labute approximate surface area is 200 Å². The third-order valence-corrected chi connectivity index (χ3v) is 6.09. The molecule has 0 heterocycles. The van der Waals surface area contributed by atoms with Crippen LogP contribution in [0.4, 0.5) is 4.79 Å². The van der Waals surface area contributed by atoms with E-state index in [0.717, 1.165) is 22.3 Å². The van der Waals surface area contributed by atoms with Crippen molar-refractivity contribution in [2.75, 3.05) is 19.7 Å². The molecule has 7 nitrogen and oxygen atoms in total. The normalized spacial score (nSPS) is 13.4. The van der Waals surface area contributed by atoms with E-state index in [1.165, 1.54) is 11.0 Å². The summed E-state index contributed by atoms with van der Waals surface area (Å²) in [6, 6.07) is 15.6. The van der Waals surface area contributed by atoms with E-state index in [9.17, 15) is 14.4 Å². The third-order valence-electron chi connectivity index (χ3n) is 6.09. The molecule has 34 heavy (non-hydrogen) atoms. The lowest BCUT2D eigenvalue weighted by Gasteiger charge is -2.32. The first kappa shape index (κ1) is 25.0. The molecule has 180 valence electrons. The topological polar surface area (TPSA) is 95.9 Å². The molecule has 0 saturated carbocycles. The maximum atomic E-state index is 12.8. The highest BCUT2D eigenvalue weighted by Gasteiger charge is 2.32. The van der Waals surface area contributed by atoms with Crippen molar-refractivity contribution < 1.29 is 24.2 Å². The van der Waals surface area contributed by atoms with E-state index in [2.05, 4.69) is 36.2 Å². The summed E-state index contributed by atoms with van der Waals surface area (Å²) in [5, 5.41) is 11.9. The van der Waals surface area contributed by atoms with Crippen molar-refractivity contribution in [3.8, 4) is 11.1 Å². The zero-order valence-electron chi connectivity index (χ0n) is 19.9. The first-order valence-corrected chi connectivity index (χ1v) is 11.3. The van der Waals surface area contributed by atoms with E-state index < -0.39 is 30.1 Å². The summed E-state index contributed by atoms with van der Waals surface area (Å²) in [5.41, 5.74) is 4.07. The molecule has 1 atom stereocenters. The zero-order chi connectivity index (χ0) is 24.9. The van der Waals surface area contributed by atoms with Crippen molar-refractivity contribution in [1.82, 2.24) is 10.2 Å². The van der Waals surface area contributed by atoms with E-state index in [0.29, 0.717) is 0 Å². The number of nitrogens with one attached hydrogen (secondary N) is 1. The van der Waals surface area contributed by atoms with Gasteiger partial charge >= 0.3 is 12.1 Å². The number of hydrogen-bond acceptors (Lipinski definition) is 4. The second-order valence-corrected chi connectivity index (χ2v) is 9.55. The molecule has 7 heteroatoms. The van der Waals surface area contributed by atoms with Crippen LogP contribution in [0.3, 0.4) is 0 Å². The van der Waals surface area contributed by atoms with E-state index in [-0.39, 0.29) is 31.4 Å². The number of carbonyl (C=O) groups is 3. The van der Waals surface area contributed by atoms with E-state index in [1.54, 1.807) is 0 Å². The first-order valence-electron chi connectivity index (χ1n) is 11.3. The Hall–Kier alpha value is -3.61. The lowest BCUT2D eigenvalue weighted by Crippen LogP contribution is -2.48. The van der Waals surface area contributed by atoms with Gasteiger partial charge in [-0.1, -0.05) is 75.4 Å². The molecule has 2 amide bonds. The van der Waals surface area contributed by atoms with Gasteiger partial charge in [0.25, 0.3) is 0 Å². The molecule has 0 aromatic heterocycles. The number of carbonyl (C=O) groups excluding carboxylic acids is 2. The van der Waals surface area contributed by atoms with Gasteiger partial charge < -0.3 is 20.1 Å². The Morgan fingerprint density at radius 1 is 1.09 bits per heavy atom. The minimum atomic E-state index is -1.10.